The maximum absolute atomic E-state index is 12.4. The fourth-order valence-electron chi connectivity index (χ4n) is 4.35. The molecule has 2 saturated heterocycles. The van der Waals surface area contributed by atoms with Gasteiger partial charge < -0.3 is 4.74 Å². The number of aryl methyl sites for hydroxylation is 1. The number of methoxy groups -OCH3 is 1. The number of benzene rings is 1. The molecule has 0 radical (unpaired) electrons. The lowest BCUT2D eigenvalue weighted by atomic mass is 9.76. The van der Waals surface area contributed by atoms with Gasteiger partial charge in [-0.05, 0) is 49.9 Å². The molecule has 1 aromatic rings. The molecule has 4 atom stereocenters. The minimum absolute atomic E-state index is 0.0480. The SMILES string of the molecule is CCc1ccc([C@H]2C[C@H]3CCC(C2C(=O)OC)N3C)cc1Br. The van der Waals surface area contributed by atoms with Crippen molar-refractivity contribution >= 4 is 21.9 Å². The molecule has 0 saturated carbocycles. The summed E-state index contributed by atoms with van der Waals surface area (Å²) >= 11 is 3.68. The number of rotatable bonds is 3. The molecule has 4 heteroatoms. The molecule has 2 bridgehead atoms. The Balaban J connectivity index is 1.97. The lowest BCUT2D eigenvalue weighted by Crippen LogP contribution is -2.49. The molecule has 3 rings (SSSR count). The molecule has 1 aromatic carbocycles. The molecule has 2 aliphatic rings. The third-order valence-electron chi connectivity index (χ3n) is 5.63. The summed E-state index contributed by atoms with van der Waals surface area (Å²) in [6.07, 6.45) is 4.36. The first-order valence-electron chi connectivity index (χ1n) is 8.14. The third-order valence-corrected chi connectivity index (χ3v) is 6.37. The van der Waals surface area contributed by atoms with E-state index < -0.39 is 0 Å². The minimum atomic E-state index is -0.0575. The molecule has 0 amide bonds. The molecule has 120 valence electrons. The average Bonchev–Trinajstić information content (AvgIpc) is 2.76. The molecule has 3 nitrogen and oxygen atoms in total. The van der Waals surface area contributed by atoms with Gasteiger partial charge in [0.15, 0.2) is 0 Å². The number of ether oxygens (including phenoxy) is 1. The average molecular weight is 366 g/mol. The fraction of sp³-hybridized carbons (Fsp3) is 0.611. The zero-order chi connectivity index (χ0) is 15.9. The largest absolute Gasteiger partial charge is 0.469 e. The van der Waals surface area contributed by atoms with E-state index in [1.165, 1.54) is 24.7 Å². The number of hydrogen-bond donors (Lipinski definition) is 0. The zero-order valence-electron chi connectivity index (χ0n) is 13.5. The van der Waals surface area contributed by atoms with Crippen LogP contribution in [0.1, 0.15) is 43.2 Å². The normalized spacial score (nSPS) is 31.3. The Morgan fingerprint density at radius 1 is 1.41 bits per heavy atom. The molecule has 22 heavy (non-hydrogen) atoms. The van der Waals surface area contributed by atoms with Crippen LogP contribution in [0.5, 0.6) is 0 Å². The van der Waals surface area contributed by atoms with Crippen LogP contribution in [0.2, 0.25) is 0 Å². The first kappa shape index (κ1) is 16.0. The van der Waals surface area contributed by atoms with E-state index in [4.69, 9.17) is 4.74 Å². The van der Waals surface area contributed by atoms with Gasteiger partial charge in [-0.1, -0.05) is 35.0 Å². The second-order valence-corrected chi connectivity index (χ2v) is 7.41. The van der Waals surface area contributed by atoms with Gasteiger partial charge in [-0.3, -0.25) is 9.69 Å². The number of nitrogens with zero attached hydrogens (tertiary/aromatic N) is 1. The van der Waals surface area contributed by atoms with Crippen LogP contribution in [0.3, 0.4) is 0 Å². The van der Waals surface area contributed by atoms with Crippen molar-refractivity contribution in [3.05, 3.63) is 33.8 Å². The Morgan fingerprint density at radius 3 is 2.82 bits per heavy atom. The van der Waals surface area contributed by atoms with Crippen LogP contribution in [0.25, 0.3) is 0 Å². The van der Waals surface area contributed by atoms with Gasteiger partial charge in [0.05, 0.1) is 13.0 Å². The molecule has 0 N–H and O–H groups in total. The summed E-state index contributed by atoms with van der Waals surface area (Å²) in [6, 6.07) is 7.52. The van der Waals surface area contributed by atoms with Crippen molar-refractivity contribution in [3.63, 3.8) is 0 Å². The molecular formula is C18H24BrNO2. The highest BCUT2D eigenvalue weighted by Crippen LogP contribution is 2.47. The van der Waals surface area contributed by atoms with Gasteiger partial charge in [-0.2, -0.15) is 0 Å². The highest BCUT2D eigenvalue weighted by molar-refractivity contribution is 9.10. The van der Waals surface area contributed by atoms with Crippen LogP contribution in [-0.4, -0.2) is 37.1 Å². The number of esters is 1. The molecule has 2 fully saturated rings. The standard InChI is InChI=1S/C18H24BrNO2/c1-4-11-5-6-12(9-15(11)19)14-10-13-7-8-16(20(13)2)17(14)18(21)22-3/h5-6,9,13-14,16-17H,4,7-8,10H2,1-3H3/t13-,14-,16?,17?/m1/s1. The van der Waals surface area contributed by atoms with E-state index >= 15 is 0 Å². The van der Waals surface area contributed by atoms with E-state index in [0.29, 0.717) is 12.1 Å². The topological polar surface area (TPSA) is 29.5 Å². The van der Waals surface area contributed by atoms with Gasteiger partial charge in [0.2, 0.25) is 0 Å². The van der Waals surface area contributed by atoms with E-state index in [1.807, 2.05) is 0 Å². The maximum Gasteiger partial charge on any atom is 0.310 e. The summed E-state index contributed by atoms with van der Waals surface area (Å²) < 4.78 is 6.29. The number of carbonyl (C=O) groups is 1. The van der Waals surface area contributed by atoms with Crippen LogP contribution in [0, 0.1) is 5.92 Å². The van der Waals surface area contributed by atoms with E-state index in [0.717, 1.165) is 23.7 Å². The first-order valence-corrected chi connectivity index (χ1v) is 8.94. The lowest BCUT2D eigenvalue weighted by Gasteiger charge is -2.41. The molecular weight excluding hydrogens is 342 g/mol. The van der Waals surface area contributed by atoms with Gasteiger partial charge in [-0.25, -0.2) is 0 Å². The van der Waals surface area contributed by atoms with Crippen molar-refractivity contribution in [1.29, 1.82) is 0 Å². The van der Waals surface area contributed by atoms with Crippen molar-refractivity contribution in [2.75, 3.05) is 14.2 Å². The fourth-order valence-corrected chi connectivity index (χ4v) is 5.02. The Kier molecular flexibility index (Phi) is 4.60. The molecule has 0 aliphatic carbocycles. The predicted octanol–water partition coefficient (Wildman–Crippen LogP) is 3.75. The summed E-state index contributed by atoms with van der Waals surface area (Å²) in [7, 11) is 3.67. The van der Waals surface area contributed by atoms with Crippen molar-refractivity contribution in [3.8, 4) is 0 Å². The number of fused-ring (bicyclic) bond motifs is 2. The quantitative estimate of drug-likeness (QED) is 0.763. The minimum Gasteiger partial charge on any atom is -0.469 e. The highest BCUT2D eigenvalue weighted by Gasteiger charge is 2.49. The third kappa shape index (κ3) is 2.61. The molecule has 0 aromatic heterocycles. The molecule has 0 spiro atoms. The van der Waals surface area contributed by atoms with Crippen LogP contribution in [-0.2, 0) is 16.0 Å². The highest BCUT2D eigenvalue weighted by atomic mass is 79.9. The molecule has 2 heterocycles. The lowest BCUT2D eigenvalue weighted by molar-refractivity contribution is -0.150. The van der Waals surface area contributed by atoms with E-state index in [9.17, 15) is 4.79 Å². The zero-order valence-corrected chi connectivity index (χ0v) is 15.1. The Labute approximate surface area is 141 Å². The summed E-state index contributed by atoms with van der Waals surface area (Å²) in [6.45, 7) is 2.16. The second kappa shape index (κ2) is 6.32. The van der Waals surface area contributed by atoms with Crippen molar-refractivity contribution < 1.29 is 9.53 Å². The van der Waals surface area contributed by atoms with Crippen molar-refractivity contribution in [1.82, 2.24) is 4.90 Å². The summed E-state index contributed by atoms with van der Waals surface area (Å²) in [5.74, 6) is 0.161. The van der Waals surface area contributed by atoms with Crippen LogP contribution < -0.4 is 0 Å². The number of carbonyl (C=O) groups excluding carboxylic acids is 1. The first-order chi connectivity index (χ1) is 10.6. The maximum atomic E-state index is 12.4. The van der Waals surface area contributed by atoms with Crippen molar-refractivity contribution in [2.45, 2.75) is 50.6 Å². The van der Waals surface area contributed by atoms with Gasteiger partial charge in [0.25, 0.3) is 0 Å². The number of halogens is 1. The van der Waals surface area contributed by atoms with Gasteiger partial charge in [0, 0.05) is 22.5 Å². The number of hydrogen-bond acceptors (Lipinski definition) is 3. The van der Waals surface area contributed by atoms with Gasteiger partial charge in [-0.15, -0.1) is 0 Å². The van der Waals surface area contributed by atoms with Crippen molar-refractivity contribution in [2.24, 2.45) is 5.92 Å². The van der Waals surface area contributed by atoms with E-state index in [2.05, 4.69) is 53.0 Å². The van der Waals surface area contributed by atoms with Crippen LogP contribution in [0.15, 0.2) is 22.7 Å². The monoisotopic (exact) mass is 365 g/mol. The predicted molar refractivity (Wildman–Crippen MR) is 91.0 cm³/mol. The van der Waals surface area contributed by atoms with E-state index in [-0.39, 0.29) is 17.8 Å². The van der Waals surface area contributed by atoms with Gasteiger partial charge in [0.1, 0.15) is 0 Å². The Bertz CT molecular complexity index is 574. The summed E-state index contributed by atoms with van der Waals surface area (Å²) in [5, 5.41) is 0. The molecule has 2 aliphatic heterocycles. The summed E-state index contributed by atoms with van der Waals surface area (Å²) in [5.41, 5.74) is 2.58. The van der Waals surface area contributed by atoms with Crippen LogP contribution in [0.4, 0.5) is 0 Å². The molecule has 2 unspecified atom stereocenters. The summed E-state index contributed by atoms with van der Waals surface area (Å²) in [4.78, 5) is 14.8. The smallest absolute Gasteiger partial charge is 0.310 e. The van der Waals surface area contributed by atoms with E-state index in [1.54, 1.807) is 0 Å². The number of piperidine rings is 1. The Hall–Kier alpha value is -0.870. The Morgan fingerprint density at radius 2 is 2.18 bits per heavy atom. The van der Waals surface area contributed by atoms with Gasteiger partial charge >= 0.3 is 5.97 Å². The van der Waals surface area contributed by atoms with Crippen LogP contribution >= 0.6 is 15.9 Å². The second-order valence-electron chi connectivity index (χ2n) is 6.56.